The highest BCUT2D eigenvalue weighted by Gasteiger charge is 2.26. The second-order valence-electron chi connectivity index (χ2n) is 15.4. The standard InChI is InChI=1S/C56H36O2/c1-3-21-41-35(14-1)16-13-28-42(41)37-17-11-19-39(32-37)52-45-24-5-7-26-47(45)53(48-27-8-6-25-46(48)52)40-20-12-18-38(33-40)49-34-50-44-23-9-10-29-51(44)58-56(50)54-43-22-4-2-15-36(43)30-31-57-55(49)54/h1-29,32-34H,30-31H2. The van der Waals surface area contributed by atoms with Gasteiger partial charge >= 0.3 is 0 Å². The van der Waals surface area contributed by atoms with Gasteiger partial charge < -0.3 is 9.15 Å². The van der Waals surface area contributed by atoms with Crippen molar-refractivity contribution in [3.05, 3.63) is 200 Å². The first-order valence-electron chi connectivity index (χ1n) is 20.1. The predicted molar refractivity (Wildman–Crippen MR) is 243 cm³/mol. The van der Waals surface area contributed by atoms with Gasteiger partial charge in [0.15, 0.2) is 0 Å². The first-order chi connectivity index (χ1) is 28.8. The number of ether oxygens (including phenoxy) is 1. The van der Waals surface area contributed by atoms with Crippen LogP contribution >= 0.6 is 0 Å². The highest BCUT2D eigenvalue weighted by molar-refractivity contribution is 6.22. The average Bonchev–Trinajstić information content (AvgIpc) is 3.54. The lowest BCUT2D eigenvalue weighted by Crippen LogP contribution is -2.00. The minimum absolute atomic E-state index is 0.598. The Labute approximate surface area is 336 Å². The van der Waals surface area contributed by atoms with Gasteiger partial charge in [0.1, 0.15) is 16.9 Å². The fourth-order valence-electron chi connectivity index (χ4n) is 9.61. The molecule has 0 N–H and O–H groups in total. The molecule has 2 heteroatoms. The summed E-state index contributed by atoms with van der Waals surface area (Å²) < 4.78 is 13.4. The summed E-state index contributed by atoms with van der Waals surface area (Å²) >= 11 is 0. The topological polar surface area (TPSA) is 22.4 Å². The number of furan rings is 1. The van der Waals surface area contributed by atoms with Gasteiger partial charge in [0, 0.05) is 22.8 Å². The molecule has 1 aliphatic heterocycles. The van der Waals surface area contributed by atoms with Crippen LogP contribution in [0.1, 0.15) is 5.56 Å². The molecule has 0 saturated carbocycles. The van der Waals surface area contributed by atoms with E-state index < -0.39 is 0 Å². The van der Waals surface area contributed by atoms with E-state index in [1.807, 2.05) is 6.07 Å². The van der Waals surface area contributed by atoms with Crippen molar-refractivity contribution in [2.24, 2.45) is 0 Å². The van der Waals surface area contributed by atoms with Gasteiger partial charge in [0.25, 0.3) is 0 Å². The summed E-state index contributed by atoms with van der Waals surface area (Å²) in [5, 5.41) is 9.64. The summed E-state index contributed by atoms with van der Waals surface area (Å²) in [4.78, 5) is 0. The van der Waals surface area contributed by atoms with Gasteiger partial charge in [0.2, 0.25) is 0 Å². The van der Waals surface area contributed by atoms with Crippen molar-refractivity contribution >= 4 is 54.3 Å². The van der Waals surface area contributed by atoms with Crippen molar-refractivity contribution in [1.29, 1.82) is 0 Å². The second kappa shape index (κ2) is 13.1. The monoisotopic (exact) mass is 740 g/mol. The van der Waals surface area contributed by atoms with Crippen molar-refractivity contribution in [3.63, 3.8) is 0 Å². The summed E-state index contributed by atoms with van der Waals surface area (Å²) in [6.45, 7) is 0.598. The van der Waals surface area contributed by atoms with Crippen molar-refractivity contribution in [2.45, 2.75) is 6.42 Å². The lowest BCUT2D eigenvalue weighted by atomic mass is 9.84. The molecule has 10 aromatic carbocycles. The smallest absolute Gasteiger partial charge is 0.147 e. The zero-order valence-electron chi connectivity index (χ0n) is 31.7. The van der Waals surface area contributed by atoms with Crippen molar-refractivity contribution in [2.75, 3.05) is 6.61 Å². The third kappa shape index (κ3) is 5.05. The van der Waals surface area contributed by atoms with E-state index in [-0.39, 0.29) is 0 Å². The van der Waals surface area contributed by atoms with E-state index in [0.29, 0.717) is 6.61 Å². The SMILES string of the molecule is c1cc(-c2cc3c(oc4ccccc43)c3c2OCCc2ccccc2-3)cc(-c2c3ccccc3c(-c3cccc(-c4cccc5ccccc45)c3)c3ccccc23)c1. The lowest BCUT2D eigenvalue weighted by Gasteiger charge is -2.19. The molecular formula is C56H36O2. The molecule has 0 fully saturated rings. The fourth-order valence-corrected chi connectivity index (χ4v) is 9.61. The number of fused-ring (bicyclic) bond motifs is 10. The molecule has 1 aliphatic rings. The quantitative estimate of drug-likeness (QED) is 0.168. The van der Waals surface area contributed by atoms with Crippen molar-refractivity contribution < 1.29 is 9.15 Å². The molecule has 0 bridgehead atoms. The molecule has 2 nitrogen and oxygen atoms in total. The second-order valence-corrected chi connectivity index (χ2v) is 15.4. The van der Waals surface area contributed by atoms with Gasteiger partial charge in [-0.1, -0.05) is 170 Å². The van der Waals surface area contributed by atoms with Crippen LogP contribution in [0.4, 0.5) is 0 Å². The van der Waals surface area contributed by atoms with Gasteiger partial charge in [0.05, 0.1) is 12.2 Å². The van der Waals surface area contributed by atoms with Crippen LogP contribution in [0.5, 0.6) is 5.75 Å². The average molecular weight is 741 g/mol. The number of hydrogen-bond donors (Lipinski definition) is 0. The van der Waals surface area contributed by atoms with E-state index in [4.69, 9.17) is 9.15 Å². The fraction of sp³-hybridized carbons (Fsp3) is 0.0357. The Bertz CT molecular complexity index is 3380. The molecule has 1 aromatic heterocycles. The van der Waals surface area contributed by atoms with Crippen LogP contribution in [0.15, 0.2) is 199 Å². The van der Waals surface area contributed by atoms with Crippen LogP contribution in [0.2, 0.25) is 0 Å². The van der Waals surface area contributed by atoms with E-state index in [9.17, 15) is 0 Å². The Morgan fingerprint density at radius 2 is 0.862 bits per heavy atom. The molecular weight excluding hydrogens is 705 g/mol. The maximum absolute atomic E-state index is 6.78. The minimum atomic E-state index is 0.598. The Morgan fingerprint density at radius 3 is 1.57 bits per heavy atom. The van der Waals surface area contributed by atoms with E-state index in [2.05, 4.69) is 188 Å². The van der Waals surface area contributed by atoms with Crippen molar-refractivity contribution in [1.82, 2.24) is 0 Å². The third-order valence-electron chi connectivity index (χ3n) is 12.2. The molecule has 12 rings (SSSR count). The van der Waals surface area contributed by atoms with E-state index in [1.54, 1.807) is 0 Å². The summed E-state index contributed by atoms with van der Waals surface area (Å²) in [7, 11) is 0. The van der Waals surface area contributed by atoms with E-state index in [0.717, 1.165) is 50.8 Å². The van der Waals surface area contributed by atoms with E-state index in [1.165, 1.54) is 76.8 Å². The van der Waals surface area contributed by atoms with Crippen LogP contribution in [-0.4, -0.2) is 6.61 Å². The van der Waals surface area contributed by atoms with Gasteiger partial charge in [-0.05, 0) is 107 Å². The molecule has 0 atom stereocenters. The van der Waals surface area contributed by atoms with Crippen LogP contribution in [0.3, 0.4) is 0 Å². The summed E-state index contributed by atoms with van der Waals surface area (Å²) in [6.07, 6.45) is 0.835. The van der Waals surface area contributed by atoms with Crippen LogP contribution in [0, 0.1) is 0 Å². The molecule has 0 amide bonds. The molecule has 272 valence electrons. The van der Waals surface area contributed by atoms with Gasteiger partial charge in [-0.2, -0.15) is 0 Å². The zero-order chi connectivity index (χ0) is 38.2. The third-order valence-corrected chi connectivity index (χ3v) is 12.2. The van der Waals surface area contributed by atoms with Gasteiger partial charge in [-0.3, -0.25) is 0 Å². The number of rotatable bonds is 4. The Hall–Kier alpha value is -7.42. The Morgan fingerprint density at radius 1 is 0.345 bits per heavy atom. The highest BCUT2D eigenvalue weighted by atomic mass is 16.5. The van der Waals surface area contributed by atoms with Gasteiger partial charge in [-0.25, -0.2) is 0 Å². The predicted octanol–water partition coefficient (Wildman–Crippen LogP) is 15.3. The number of hydrogen-bond acceptors (Lipinski definition) is 2. The number of para-hydroxylation sites is 1. The van der Waals surface area contributed by atoms with Crippen molar-refractivity contribution in [3.8, 4) is 61.4 Å². The Kier molecular flexibility index (Phi) is 7.39. The molecule has 11 aromatic rings. The minimum Gasteiger partial charge on any atom is -0.492 e. The summed E-state index contributed by atoms with van der Waals surface area (Å²) in [6, 6.07) is 70.5. The normalized spacial score (nSPS) is 12.5. The molecule has 0 radical (unpaired) electrons. The maximum Gasteiger partial charge on any atom is 0.147 e. The van der Waals surface area contributed by atoms with Crippen LogP contribution in [0.25, 0.3) is 110 Å². The number of benzene rings is 10. The molecule has 0 spiro atoms. The maximum atomic E-state index is 6.78. The molecule has 0 aliphatic carbocycles. The molecule has 0 unspecified atom stereocenters. The largest absolute Gasteiger partial charge is 0.492 e. The van der Waals surface area contributed by atoms with Crippen LogP contribution in [-0.2, 0) is 6.42 Å². The molecule has 2 heterocycles. The summed E-state index contributed by atoms with van der Waals surface area (Å²) in [5.74, 6) is 0.879. The highest BCUT2D eigenvalue weighted by Crippen LogP contribution is 2.51. The zero-order valence-corrected chi connectivity index (χ0v) is 31.7. The lowest BCUT2D eigenvalue weighted by molar-refractivity contribution is 0.328. The Balaban J connectivity index is 1.08. The first-order valence-corrected chi connectivity index (χ1v) is 20.1. The first kappa shape index (κ1) is 32.8. The van der Waals surface area contributed by atoms with E-state index >= 15 is 0 Å². The van der Waals surface area contributed by atoms with Gasteiger partial charge in [-0.15, -0.1) is 0 Å². The summed E-state index contributed by atoms with van der Waals surface area (Å²) in [5.41, 5.74) is 14.7. The molecule has 0 saturated heterocycles. The van der Waals surface area contributed by atoms with Crippen LogP contribution < -0.4 is 4.74 Å². The molecule has 58 heavy (non-hydrogen) atoms.